The largest absolute Gasteiger partial charge is 0.504 e. The molecule has 7 heteroatoms. The third kappa shape index (κ3) is 1.89. The predicted molar refractivity (Wildman–Crippen MR) is 49.1 cm³/mol. The van der Waals surface area contributed by atoms with E-state index in [9.17, 15) is 18.7 Å². The van der Waals surface area contributed by atoms with Crippen molar-refractivity contribution in [2.45, 2.75) is 6.04 Å². The number of hydrogen-bond acceptors (Lipinski definition) is 4. The molecule has 88 valence electrons. The molecule has 16 heavy (non-hydrogen) atoms. The van der Waals surface area contributed by atoms with Crippen molar-refractivity contribution in [1.82, 2.24) is 0 Å². The second-order valence-electron chi connectivity index (χ2n) is 2.96. The standard InChI is InChI=1S/C9H9F2NO4/c1-16-8-4(10)2-3(6(12)9(14)15)7(13)5(8)11/h2,6,13H,12H2,1H3,(H,14,15). The SMILES string of the molecule is COc1c(F)cc(C(N)C(=O)O)c(O)c1F. The summed E-state index contributed by atoms with van der Waals surface area (Å²) in [7, 11) is 1.01. The molecule has 0 aromatic heterocycles. The lowest BCUT2D eigenvalue weighted by atomic mass is 10.1. The highest BCUT2D eigenvalue weighted by Gasteiger charge is 2.25. The fraction of sp³-hybridized carbons (Fsp3) is 0.222. The third-order valence-corrected chi connectivity index (χ3v) is 1.99. The molecule has 0 saturated heterocycles. The number of phenolic OH excluding ortho intramolecular Hbond substituents is 1. The fourth-order valence-electron chi connectivity index (χ4n) is 1.17. The van der Waals surface area contributed by atoms with Crippen LogP contribution < -0.4 is 10.5 Å². The van der Waals surface area contributed by atoms with E-state index in [2.05, 4.69) is 4.74 Å². The van der Waals surface area contributed by atoms with Crippen molar-refractivity contribution in [2.75, 3.05) is 7.11 Å². The number of methoxy groups -OCH3 is 1. The molecule has 0 amide bonds. The summed E-state index contributed by atoms with van der Waals surface area (Å²) in [4.78, 5) is 10.5. The Morgan fingerprint density at radius 2 is 2.12 bits per heavy atom. The highest BCUT2D eigenvalue weighted by Crippen LogP contribution is 2.34. The van der Waals surface area contributed by atoms with E-state index in [4.69, 9.17) is 10.8 Å². The fourth-order valence-corrected chi connectivity index (χ4v) is 1.17. The Balaban J connectivity index is 3.39. The zero-order valence-corrected chi connectivity index (χ0v) is 8.20. The summed E-state index contributed by atoms with van der Waals surface area (Å²) >= 11 is 0. The minimum absolute atomic E-state index is 0.552. The maximum absolute atomic E-state index is 13.3. The molecule has 0 heterocycles. The molecule has 5 nitrogen and oxygen atoms in total. The third-order valence-electron chi connectivity index (χ3n) is 1.99. The number of nitrogens with two attached hydrogens (primary N) is 1. The molecule has 0 spiro atoms. The van der Waals surface area contributed by atoms with E-state index in [1.807, 2.05) is 0 Å². The van der Waals surface area contributed by atoms with E-state index in [0.29, 0.717) is 6.07 Å². The number of hydrogen-bond donors (Lipinski definition) is 3. The van der Waals surface area contributed by atoms with Crippen molar-refractivity contribution in [2.24, 2.45) is 5.73 Å². The first-order valence-electron chi connectivity index (χ1n) is 4.13. The number of carboxylic acids is 1. The van der Waals surface area contributed by atoms with Crippen molar-refractivity contribution in [3.63, 3.8) is 0 Å². The van der Waals surface area contributed by atoms with Gasteiger partial charge in [-0.3, -0.25) is 4.79 Å². The lowest BCUT2D eigenvalue weighted by Crippen LogP contribution is -2.21. The summed E-state index contributed by atoms with van der Waals surface area (Å²) in [5.41, 5.74) is 4.58. The number of aliphatic carboxylic acids is 1. The van der Waals surface area contributed by atoms with Crippen LogP contribution in [0.15, 0.2) is 6.07 Å². The van der Waals surface area contributed by atoms with E-state index < -0.39 is 40.7 Å². The molecule has 4 N–H and O–H groups in total. The van der Waals surface area contributed by atoms with Gasteiger partial charge in [-0.15, -0.1) is 0 Å². The van der Waals surface area contributed by atoms with Gasteiger partial charge in [-0.05, 0) is 6.07 Å². The lowest BCUT2D eigenvalue weighted by Gasteiger charge is -2.12. The van der Waals surface area contributed by atoms with Crippen molar-refractivity contribution in [3.05, 3.63) is 23.3 Å². The van der Waals surface area contributed by atoms with Gasteiger partial charge >= 0.3 is 5.97 Å². The van der Waals surface area contributed by atoms with E-state index >= 15 is 0 Å². The quantitative estimate of drug-likeness (QED) is 0.716. The van der Waals surface area contributed by atoms with Crippen molar-refractivity contribution >= 4 is 5.97 Å². The Morgan fingerprint density at radius 1 is 1.56 bits per heavy atom. The summed E-state index contributed by atoms with van der Waals surface area (Å²) in [5.74, 6) is -5.86. The summed E-state index contributed by atoms with van der Waals surface area (Å²) < 4.78 is 30.8. The molecule has 1 unspecified atom stereocenters. The Morgan fingerprint density at radius 3 is 2.56 bits per heavy atom. The molecule has 0 aliphatic carbocycles. The van der Waals surface area contributed by atoms with Gasteiger partial charge < -0.3 is 20.7 Å². The van der Waals surface area contributed by atoms with Crippen LogP contribution in [-0.4, -0.2) is 23.3 Å². The number of aromatic hydroxyl groups is 1. The maximum Gasteiger partial charge on any atom is 0.325 e. The van der Waals surface area contributed by atoms with Gasteiger partial charge in [0.1, 0.15) is 6.04 Å². The number of rotatable bonds is 3. The number of benzene rings is 1. The van der Waals surface area contributed by atoms with E-state index in [-0.39, 0.29) is 0 Å². The van der Waals surface area contributed by atoms with Crippen LogP contribution in [0.25, 0.3) is 0 Å². The first-order valence-corrected chi connectivity index (χ1v) is 4.13. The Bertz CT molecular complexity index is 436. The average molecular weight is 233 g/mol. The molecule has 1 rings (SSSR count). The average Bonchev–Trinajstić information content (AvgIpc) is 2.23. The zero-order valence-electron chi connectivity index (χ0n) is 8.20. The van der Waals surface area contributed by atoms with E-state index in [1.54, 1.807) is 0 Å². The molecule has 0 fully saturated rings. The summed E-state index contributed by atoms with van der Waals surface area (Å²) in [6.07, 6.45) is 0. The number of carbonyl (C=O) groups is 1. The maximum atomic E-state index is 13.3. The Kier molecular flexibility index (Phi) is 3.28. The molecule has 0 aliphatic rings. The molecular formula is C9H9F2NO4. The van der Waals surface area contributed by atoms with Gasteiger partial charge in [0.05, 0.1) is 7.11 Å². The summed E-state index contributed by atoms with van der Waals surface area (Å²) in [6.45, 7) is 0. The van der Waals surface area contributed by atoms with Crippen LogP contribution in [0.2, 0.25) is 0 Å². The molecule has 0 saturated carbocycles. The van der Waals surface area contributed by atoms with Gasteiger partial charge in [0, 0.05) is 5.56 Å². The van der Waals surface area contributed by atoms with Crippen LogP contribution in [0.1, 0.15) is 11.6 Å². The topological polar surface area (TPSA) is 92.8 Å². The predicted octanol–water partition coefficient (Wildman–Crippen LogP) is 0.763. The summed E-state index contributed by atoms with van der Waals surface area (Å²) in [6, 6.07) is -1.09. The first kappa shape index (κ1) is 12.2. The molecule has 0 aliphatic heterocycles. The second-order valence-corrected chi connectivity index (χ2v) is 2.96. The molecule has 0 bridgehead atoms. The number of halogens is 2. The minimum Gasteiger partial charge on any atom is -0.504 e. The van der Waals surface area contributed by atoms with E-state index in [0.717, 1.165) is 7.11 Å². The molecular weight excluding hydrogens is 224 g/mol. The van der Waals surface area contributed by atoms with Crippen LogP contribution in [0.5, 0.6) is 11.5 Å². The van der Waals surface area contributed by atoms with Gasteiger partial charge in [0.25, 0.3) is 0 Å². The van der Waals surface area contributed by atoms with Crippen molar-refractivity contribution < 1.29 is 28.5 Å². The van der Waals surface area contributed by atoms with Gasteiger partial charge in [-0.25, -0.2) is 4.39 Å². The number of phenols is 1. The number of ether oxygens (including phenoxy) is 1. The smallest absolute Gasteiger partial charge is 0.325 e. The van der Waals surface area contributed by atoms with Gasteiger partial charge in [0.15, 0.2) is 17.3 Å². The molecule has 1 atom stereocenters. The Labute approximate surface area is 89.1 Å². The zero-order chi connectivity index (χ0) is 12.5. The molecule has 0 radical (unpaired) electrons. The lowest BCUT2D eigenvalue weighted by molar-refractivity contribution is -0.138. The van der Waals surface area contributed by atoms with Crippen molar-refractivity contribution in [1.29, 1.82) is 0 Å². The second kappa shape index (κ2) is 4.31. The molecule has 1 aromatic carbocycles. The Hall–Kier alpha value is -1.89. The molecule has 1 aromatic rings. The number of carboxylic acid groups (broad SMARTS) is 1. The highest BCUT2D eigenvalue weighted by atomic mass is 19.1. The summed E-state index contributed by atoms with van der Waals surface area (Å²) in [5, 5.41) is 17.8. The van der Waals surface area contributed by atoms with Crippen LogP contribution >= 0.6 is 0 Å². The van der Waals surface area contributed by atoms with Crippen LogP contribution in [0.4, 0.5) is 8.78 Å². The van der Waals surface area contributed by atoms with Crippen molar-refractivity contribution in [3.8, 4) is 11.5 Å². The van der Waals surface area contributed by atoms with Gasteiger partial charge in [-0.2, -0.15) is 4.39 Å². The monoisotopic (exact) mass is 233 g/mol. The normalized spacial score (nSPS) is 12.2. The van der Waals surface area contributed by atoms with Gasteiger partial charge in [0.2, 0.25) is 5.82 Å². The van der Waals surface area contributed by atoms with Crippen LogP contribution in [-0.2, 0) is 4.79 Å². The van der Waals surface area contributed by atoms with Crippen LogP contribution in [0.3, 0.4) is 0 Å². The van der Waals surface area contributed by atoms with E-state index in [1.165, 1.54) is 0 Å². The minimum atomic E-state index is -1.71. The van der Waals surface area contributed by atoms with Gasteiger partial charge in [-0.1, -0.05) is 0 Å². The first-order chi connectivity index (χ1) is 7.40. The van der Waals surface area contributed by atoms with Crippen LogP contribution in [0, 0.1) is 11.6 Å². The highest BCUT2D eigenvalue weighted by molar-refractivity contribution is 5.76.